The maximum atomic E-state index is 11.2. The molecule has 0 saturated carbocycles. The van der Waals surface area contributed by atoms with Crippen LogP contribution in [0.4, 0.5) is 0 Å². The molecular formula is C15H22N2O. The Morgan fingerprint density at radius 3 is 2.78 bits per heavy atom. The summed E-state index contributed by atoms with van der Waals surface area (Å²) >= 11 is 0. The van der Waals surface area contributed by atoms with Crippen molar-refractivity contribution in [2.45, 2.75) is 38.1 Å². The molecule has 1 fully saturated rings. The zero-order valence-corrected chi connectivity index (χ0v) is 10.8. The van der Waals surface area contributed by atoms with Crippen LogP contribution in [0.5, 0.6) is 0 Å². The molecule has 0 aromatic heterocycles. The van der Waals surface area contributed by atoms with E-state index in [9.17, 15) is 4.79 Å². The van der Waals surface area contributed by atoms with Crippen molar-refractivity contribution in [2.75, 3.05) is 13.1 Å². The first-order chi connectivity index (χ1) is 8.77. The third-order valence-electron chi connectivity index (χ3n) is 3.70. The molecule has 2 N–H and O–H groups in total. The van der Waals surface area contributed by atoms with Crippen LogP contribution in [0, 0.1) is 0 Å². The Balaban J connectivity index is 1.68. The number of amides is 1. The van der Waals surface area contributed by atoms with Gasteiger partial charge in [0.05, 0.1) is 6.04 Å². The van der Waals surface area contributed by atoms with Gasteiger partial charge in [-0.15, -0.1) is 0 Å². The Labute approximate surface area is 109 Å². The van der Waals surface area contributed by atoms with E-state index in [0.29, 0.717) is 0 Å². The molecule has 0 aliphatic carbocycles. The molecular weight excluding hydrogens is 224 g/mol. The number of nitrogens with zero attached hydrogens (tertiary/aromatic N) is 1. The van der Waals surface area contributed by atoms with Crippen LogP contribution in [0.1, 0.15) is 31.2 Å². The van der Waals surface area contributed by atoms with Crippen LogP contribution in [0.25, 0.3) is 0 Å². The molecule has 98 valence electrons. The normalized spacial score (nSPS) is 20.1. The van der Waals surface area contributed by atoms with Crippen molar-refractivity contribution in [3.8, 4) is 0 Å². The zero-order valence-electron chi connectivity index (χ0n) is 10.8. The van der Waals surface area contributed by atoms with Gasteiger partial charge in [-0.05, 0) is 50.8 Å². The topological polar surface area (TPSA) is 46.3 Å². The monoisotopic (exact) mass is 246 g/mol. The molecule has 1 aliphatic rings. The van der Waals surface area contributed by atoms with E-state index in [1.165, 1.54) is 12.0 Å². The fourth-order valence-electron chi connectivity index (χ4n) is 2.70. The van der Waals surface area contributed by atoms with Crippen LogP contribution >= 0.6 is 0 Å². The number of carbonyl (C=O) groups is 1. The van der Waals surface area contributed by atoms with Crippen LogP contribution in [0.3, 0.4) is 0 Å². The maximum Gasteiger partial charge on any atom is 0.234 e. The fourth-order valence-corrected chi connectivity index (χ4v) is 2.70. The lowest BCUT2D eigenvalue weighted by molar-refractivity contribution is -0.122. The summed E-state index contributed by atoms with van der Waals surface area (Å²) in [6.07, 6.45) is 5.47. The SMILES string of the molecule is NC(=O)C1CCCN1CCCCc1ccccc1. The van der Waals surface area contributed by atoms with Crippen LogP contribution in [-0.2, 0) is 11.2 Å². The average Bonchev–Trinajstić information content (AvgIpc) is 2.84. The number of primary amides is 1. The van der Waals surface area contributed by atoms with Gasteiger partial charge in [0.1, 0.15) is 0 Å². The van der Waals surface area contributed by atoms with Crippen molar-refractivity contribution in [3.63, 3.8) is 0 Å². The van der Waals surface area contributed by atoms with Gasteiger partial charge in [-0.2, -0.15) is 0 Å². The lowest BCUT2D eigenvalue weighted by Crippen LogP contribution is -2.40. The highest BCUT2D eigenvalue weighted by atomic mass is 16.1. The van der Waals surface area contributed by atoms with Gasteiger partial charge in [0.2, 0.25) is 5.91 Å². The van der Waals surface area contributed by atoms with E-state index in [-0.39, 0.29) is 11.9 Å². The number of carbonyl (C=O) groups excluding carboxylic acids is 1. The summed E-state index contributed by atoms with van der Waals surface area (Å²) in [7, 11) is 0. The molecule has 1 atom stereocenters. The highest BCUT2D eigenvalue weighted by molar-refractivity contribution is 5.80. The molecule has 3 heteroatoms. The molecule has 0 bridgehead atoms. The lowest BCUT2D eigenvalue weighted by Gasteiger charge is -2.21. The molecule has 1 unspecified atom stereocenters. The number of benzene rings is 1. The second-order valence-electron chi connectivity index (χ2n) is 5.04. The number of likely N-dealkylation sites (tertiary alicyclic amines) is 1. The van der Waals surface area contributed by atoms with Crippen molar-refractivity contribution < 1.29 is 4.79 Å². The van der Waals surface area contributed by atoms with Crippen LogP contribution in [-0.4, -0.2) is 29.9 Å². The summed E-state index contributed by atoms with van der Waals surface area (Å²) in [6.45, 7) is 2.03. The molecule has 1 saturated heterocycles. The molecule has 18 heavy (non-hydrogen) atoms. The van der Waals surface area contributed by atoms with Crippen molar-refractivity contribution in [1.82, 2.24) is 4.90 Å². The van der Waals surface area contributed by atoms with Gasteiger partial charge in [0.15, 0.2) is 0 Å². The summed E-state index contributed by atoms with van der Waals surface area (Å²) in [4.78, 5) is 13.5. The van der Waals surface area contributed by atoms with Crippen molar-refractivity contribution in [1.29, 1.82) is 0 Å². The summed E-state index contributed by atoms with van der Waals surface area (Å²) < 4.78 is 0. The standard InChI is InChI=1S/C15H22N2O/c16-15(18)14-10-6-12-17(14)11-5-4-9-13-7-2-1-3-8-13/h1-3,7-8,14H,4-6,9-12H2,(H2,16,18). The summed E-state index contributed by atoms with van der Waals surface area (Å²) in [5.74, 6) is -0.157. The van der Waals surface area contributed by atoms with E-state index in [0.717, 1.165) is 38.8 Å². The predicted molar refractivity (Wildman–Crippen MR) is 73.2 cm³/mol. The fraction of sp³-hybridized carbons (Fsp3) is 0.533. The summed E-state index contributed by atoms with van der Waals surface area (Å²) in [6, 6.07) is 10.5. The predicted octanol–water partition coefficient (Wildman–Crippen LogP) is 1.96. The van der Waals surface area contributed by atoms with Crippen molar-refractivity contribution >= 4 is 5.91 Å². The summed E-state index contributed by atoms with van der Waals surface area (Å²) in [5.41, 5.74) is 6.80. The number of unbranched alkanes of at least 4 members (excludes halogenated alkanes) is 1. The molecule has 1 aliphatic heterocycles. The van der Waals surface area contributed by atoms with Crippen molar-refractivity contribution in [2.24, 2.45) is 5.73 Å². The molecule has 2 rings (SSSR count). The minimum Gasteiger partial charge on any atom is -0.368 e. The van der Waals surface area contributed by atoms with E-state index < -0.39 is 0 Å². The maximum absolute atomic E-state index is 11.2. The lowest BCUT2D eigenvalue weighted by atomic mass is 10.1. The van der Waals surface area contributed by atoms with Gasteiger partial charge >= 0.3 is 0 Å². The van der Waals surface area contributed by atoms with E-state index >= 15 is 0 Å². The largest absolute Gasteiger partial charge is 0.368 e. The number of aryl methyl sites for hydroxylation is 1. The first kappa shape index (κ1) is 13.1. The van der Waals surface area contributed by atoms with Gasteiger partial charge in [-0.25, -0.2) is 0 Å². The second-order valence-corrected chi connectivity index (χ2v) is 5.04. The Kier molecular flexibility index (Phi) is 4.76. The first-order valence-electron chi connectivity index (χ1n) is 6.84. The van der Waals surface area contributed by atoms with Crippen LogP contribution < -0.4 is 5.73 Å². The van der Waals surface area contributed by atoms with Gasteiger partial charge in [0.25, 0.3) is 0 Å². The number of hydrogen-bond acceptors (Lipinski definition) is 2. The molecule has 1 aromatic carbocycles. The van der Waals surface area contributed by atoms with E-state index in [4.69, 9.17) is 5.73 Å². The number of nitrogens with two attached hydrogens (primary N) is 1. The Morgan fingerprint density at radius 1 is 1.28 bits per heavy atom. The average molecular weight is 246 g/mol. The van der Waals surface area contributed by atoms with Crippen LogP contribution in [0.2, 0.25) is 0 Å². The van der Waals surface area contributed by atoms with E-state index in [1.54, 1.807) is 0 Å². The second kappa shape index (κ2) is 6.55. The van der Waals surface area contributed by atoms with Gasteiger partial charge < -0.3 is 5.73 Å². The third-order valence-corrected chi connectivity index (χ3v) is 3.70. The smallest absolute Gasteiger partial charge is 0.234 e. The number of hydrogen-bond donors (Lipinski definition) is 1. The minimum atomic E-state index is -0.157. The van der Waals surface area contributed by atoms with Gasteiger partial charge in [-0.1, -0.05) is 30.3 Å². The summed E-state index contributed by atoms with van der Waals surface area (Å²) in [5, 5.41) is 0. The third kappa shape index (κ3) is 3.57. The Morgan fingerprint density at radius 2 is 2.06 bits per heavy atom. The van der Waals surface area contributed by atoms with E-state index in [1.807, 2.05) is 6.07 Å². The minimum absolute atomic E-state index is 0.0123. The first-order valence-corrected chi connectivity index (χ1v) is 6.84. The molecule has 0 radical (unpaired) electrons. The van der Waals surface area contributed by atoms with Crippen LogP contribution in [0.15, 0.2) is 30.3 Å². The van der Waals surface area contributed by atoms with Crippen molar-refractivity contribution in [3.05, 3.63) is 35.9 Å². The Bertz CT molecular complexity index is 377. The highest BCUT2D eigenvalue weighted by Gasteiger charge is 2.27. The zero-order chi connectivity index (χ0) is 12.8. The molecule has 1 amide bonds. The molecule has 1 heterocycles. The molecule has 0 spiro atoms. The number of rotatable bonds is 6. The van der Waals surface area contributed by atoms with Gasteiger partial charge in [-0.3, -0.25) is 9.69 Å². The van der Waals surface area contributed by atoms with E-state index in [2.05, 4.69) is 29.2 Å². The molecule has 1 aromatic rings. The molecule has 3 nitrogen and oxygen atoms in total. The quantitative estimate of drug-likeness (QED) is 0.780. The highest BCUT2D eigenvalue weighted by Crippen LogP contribution is 2.17. The Hall–Kier alpha value is -1.35. The van der Waals surface area contributed by atoms with Gasteiger partial charge in [0, 0.05) is 0 Å².